The van der Waals surface area contributed by atoms with Crippen LogP contribution in [-0.4, -0.2) is 27.9 Å². The largest absolute Gasteiger partial charge is 0.573 e. The molecule has 0 amide bonds. The van der Waals surface area contributed by atoms with Crippen molar-refractivity contribution < 1.29 is 35.9 Å². The first-order chi connectivity index (χ1) is 12.0. The van der Waals surface area contributed by atoms with Crippen molar-refractivity contribution in [3.63, 3.8) is 0 Å². The van der Waals surface area contributed by atoms with E-state index >= 15 is 0 Å². The summed E-state index contributed by atoms with van der Waals surface area (Å²) in [4.78, 5) is 11.4. The van der Waals surface area contributed by atoms with E-state index in [0.29, 0.717) is 5.56 Å². The first-order valence-electron chi connectivity index (χ1n) is 7.09. The highest BCUT2D eigenvalue weighted by Gasteiger charge is 2.31. The smallest absolute Gasteiger partial charge is 0.465 e. The zero-order valence-corrected chi connectivity index (χ0v) is 14.4. The Morgan fingerprint density at radius 2 is 1.69 bits per heavy atom. The molecular formula is C16H14F3NO5S. The van der Waals surface area contributed by atoms with E-state index in [1.54, 1.807) is 0 Å². The van der Waals surface area contributed by atoms with Crippen LogP contribution in [0.4, 0.5) is 18.9 Å². The number of benzene rings is 2. The van der Waals surface area contributed by atoms with Crippen LogP contribution in [-0.2, 0) is 14.8 Å². The van der Waals surface area contributed by atoms with Crippen LogP contribution in [0.2, 0.25) is 0 Å². The van der Waals surface area contributed by atoms with Crippen molar-refractivity contribution in [2.24, 2.45) is 0 Å². The zero-order valence-electron chi connectivity index (χ0n) is 13.6. The van der Waals surface area contributed by atoms with E-state index in [9.17, 15) is 26.4 Å². The Balaban J connectivity index is 2.27. The molecule has 0 saturated heterocycles. The topological polar surface area (TPSA) is 81.7 Å². The normalized spacial score (nSPS) is 11.7. The molecular weight excluding hydrogens is 375 g/mol. The van der Waals surface area contributed by atoms with Crippen LogP contribution < -0.4 is 9.46 Å². The fourth-order valence-electron chi connectivity index (χ4n) is 2.07. The molecule has 6 nitrogen and oxygen atoms in total. The molecule has 0 heterocycles. The molecule has 140 valence electrons. The number of rotatable bonds is 5. The van der Waals surface area contributed by atoms with Crippen molar-refractivity contribution >= 4 is 21.7 Å². The van der Waals surface area contributed by atoms with Crippen LogP contribution in [0.25, 0.3) is 0 Å². The van der Waals surface area contributed by atoms with E-state index in [-0.39, 0.29) is 16.1 Å². The highest BCUT2D eigenvalue weighted by atomic mass is 32.2. The van der Waals surface area contributed by atoms with Crippen LogP contribution >= 0.6 is 0 Å². The van der Waals surface area contributed by atoms with Crippen molar-refractivity contribution in [1.82, 2.24) is 0 Å². The number of ether oxygens (including phenoxy) is 2. The summed E-state index contributed by atoms with van der Waals surface area (Å²) in [5.74, 6) is -1.18. The Bertz CT molecular complexity index is 908. The van der Waals surface area contributed by atoms with Crippen LogP contribution in [0.5, 0.6) is 5.75 Å². The van der Waals surface area contributed by atoms with Gasteiger partial charge in [0.2, 0.25) is 0 Å². The Hall–Kier alpha value is -2.75. The maximum Gasteiger partial charge on any atom is 0.573 e. The molecule has 2 aromatic rings. The van der Waals surface area contributed by atoms with Gasteiger partial charge in [0.15, 0.2) is 0 Å². The Kier molecular flexibility index (Phi) is 5.45. The number of halogens is 3. The van der Waals surface area contributed by atoms with Gasteiger partial charge in [-0.25, -0.2) is 13.2 Å². The number of anilines is 1. The van der Waals surface area contributed by atoms with E-state index in [1.165, 1.54) is 26.2 Å². The molecule has 0 aliphatic carbocycles. The summed E-state index contributed by atoms with van der Waals surface area (Å²) >= 11 is 0. The van der Waals surface area contributed by atoms with Crippen molar-refractivity contribution in [3.05, 3.63) is 53.6 Å². The number of alkyl halides is 3. The number of carbonyl (C=O) groups is 1. The summed E-state index contributed by atoms with van der Waals surface area (Å²) in [5.41, 5.74) is 0.456. The second kappa shape index (κ2) is 7.24. The van der Waals surface area contributed by atoms with Gasteiger partial charge in [0, 0.05) is 5.69 Å². The second-order valence-corrected chi connectivity index (χ2v) is 6.80. The number of esters is 1. The van der Waals surface area contributed by atoms with Crippen molar-refractivity contribution in [2.45, 2.75) is 18.2 Å². The minimum Gasteiger partial charge on any atom is -0.465 e. The SMILES string of the molecule is COC(=O)c1ccc(C)c(S(=O)(=O)Nc2ccc(OC(F)(F)F)cc2)c1. The molecule has 0 atom stereocenters. The molecule has 26 heavy (non-hydrogen) atoms. The van der Waals surface area contributed by atoms with Gasteiger partial charge in [-0.3, -0.25) is 4.72 Å². The summed E-state index contributed by atoms with van der Waals surface area (Å²) in [6, 6.07) is 8.22. The molecule has 0 spiro atoms. The Morgan fingerprint density at radius 1 is 1.08 bits per heavy atom. The van der Waals surface area contributed by atoms with E-state index in [0.717, 1.165) is 30.3 Å². The van der Waals surface area contributed by atoms with Gasteiger partial charge in [-0.15, -0.1) is 13.2 Å². The lowest BCUT2D eigenvalue weighted by atomic mass is 10.1. The number of hydrogen-bond donors (Lipinski definition) is 1. The highest BCUT2D eigenvalue weighted by Crippen LogP contribution is 2.26. The van der Waals surface area contributed by atoms with Crippen molar-refractivity contribution in [3.8, 4) is 5.75 Å². The number of hydrogen-bond acceptors (Lipinski definition) is 5. The van der Waals surface area contributed by atoms with Crippen molar-refractivity contribution in [2.75, 3.05) is 11.8 Å². The predicted octanol–water partition coefficient (Wildman–Crippen LogP) is 3.48. The van der Waals surface area contributed by atoms with Crippen LogP contribution in [0.15, 0.2) is 47.4 Å². The highest BCUT2D eigenvalue weighted by molar-refractivity contribution is 7.92. The van der Waals surface area contributed by atoms with Gasteiger partial charge in [0.25, 0.3) is 10.0 Å². The Morgan fingerprint density at radius 3 is 2.23 bits per heavy atom. The van der Waals surface area contributed by atoms with Gasteiger partial charge in [0.1, 0.15) is 5.75 Å². The first kappa shape index (κ1) is 19.6. The molecule has 0 aromatic heterocycles. The number of carbonyl (C=O) groups excluding carboxylic acids is 1. The lowest BCUT2D eigenvalue weighted by Crippen LogP contribution is -2.17. The molecule has 0 radical (unpaired) electrons. The van der Waals surface area contributed by atoms with Gasteiger partial charge in [-0.05, 0) is 48.9 Å². The zero-order chi connectivity index (χ0) is 19.5. The molecule has 1 N–H and O–H groups in total. The van der Waals surface area contributed by atoms with E-state index < -0.39 is 28.1 Å². The average Bonchev–Trinajstić information content (AvgIpc) is 2.54. The molecule has 10 heteroatoms. The molecule has 0 aliphatic heterocycles. The molecule has 0 saturated carbocycles. The number of nitrogens with one attached hydrogen (secondary N) is 1. The van der Waals surface area contributed by atoms with Crippen LogP contribution in [0.1, 0.15) is 15.9 Å². The number of sulfonamides is 1. The summed E-state index contributed by atoms with van der Waals surface area (Å²) in [6.07, 6.45) is -4.84. The lowest BCUT2D eigenvalue weighted by molar-refractivity contribution is -0.274. The third kappa shape index (κ3) is 4.88. The minimum absolute atomic E-state index is 0.0300. The van der Waals surface area contributed by atoms with Gasteiger partial charge in [-0.1, -0.05) is 6.07 Å². The third-order valence-electron chi connectivity index (χ3n) is 3.24. The molecule has 0 aliphatic rings. The Labute approximate surface area is 147 Å². The first-order valence-corrected chi connectivity index (χ1v) is 8.58. The van der Waals surface area contributed by atoms with Gasteiger partial charge >= 0.3 is 12.3 Å². The maximum absolute atomic E-state index is 12.5. The van der Waals surface area contributed by atoms with Gasteiger partial charge in [-0.2, -0.15) is 0 Å². The van der Waals surface area contributed by atoms with Gasteiger partial charge < -0.3 is 9.47 Å². The fourth-order valence-corrected chi connectivity index (χ4v) is 3.40. The monoisotopic (exact) mass is 389 g/mol. The van der Waals surface area contributed by atoms with E-state index in [4.69, 9.17) is 0 Å². The summed E-state index contributed by atoms with van der Waals surface area (Å²) < 4.78 is 72.0. The van der Waals surface area contributed by atoms with Crippen LogP contribution in [0, 0.1) is 6.92 Å². The average molecular weight is 389 g/mol. The number of methoxy groups -OCH3 is 1. The van der Waals surface area contributed by atoms with E-state index in [1.807, 2.05) is 0 Å². The summed E-state index contributed by atoms with van der Waals surface area (Å²) in [6.45, 7) is 1.54. The molecule has 0 bridgehead atoms. The third-order valence-corrected chi connectivity index (χ3v) is 4.76. The van der Waals surface area contributed by atoms with Gasteiger partial charge in [0.05, 0.1) is 17.6 Å². The summed E-state index contributed by atoms with van der Waals surface area (Å²) in [5, 5.41) is 0. The second-order valence-electron chi connectivity index (χ2n) is 5.15. The fraction of sp³-hybridized carbons (Fsp3) is 0.188. The lowest BCUT2D eigenvalue weighted by Gasteiger charge is -2.13. The van der Waals surface area contributed by atoms with Crippen LogP contribution in [0.3, 0.4) is 0 Å². The molecule has 2 aromatic carbocycles. The molecule has 0 unspecified atom stereocenters. The predicted molar refractivity (Wildman–Crippen MR) is 86.5 cm³/mol. The molecule has 0 fully saturated rings. The summed E-state index contributed by atoms with van der Waals surface area (Å²) in [7, 11) is -2.91. The number of aryl methyl sites for hydroxylation is 1. The minimum atomic E-state index is -4.84. The quantitative estimate of drug-likeness (QED) is 0.792. The van der Waals surface area contributed by atoms with Crippen molar-refractivity contribution in [1.29, 1.82) is 0 Å². The van der Waals surface area contributed by atoms with E-state index in [2.05, 4.69) is 14.2 Å². The maximum atomic E-state index is 12.5. The standard InChI is InChI=1S/C16H14F3NO5S/c1-10-3-4-11(15(21)24-2)9-14(10)26(22,23)20-12-5-7-13(8-6-12)25-16(17,18)19/h3-9,20H,1-2H3. The molecule has 2 rings (SSSR count).